The van der Waals surface area contributed by atoms with Gasteiger partial charge in [0.15, 0.2) is 0 Å². The first kappa shape index (κ1) is 16.8. The molecule has 5 nitrogen and oxygen atoms in total. The number of fused-ring (bicyclic) bond motifs is 1. The fourth-order valence-corrected chi connectivity index (χ4v) is 2.77. The predicted molar refractivity (Wildman–Crippen MR) is 99.3 cm³/mol. The quantitative estimate of drug-likeness (QED) is 0.750. The summed E-state index contributed by atoms with van der Waals surface area (Å²) in [6.45, 7) is 4.44. The molecular weight excluding hydrogens is 316 g/mol. The number of H-pyrrole nitrogens is 1. The zero-order chi connectivity index (χ0) is 17.8. The smallest absolute Gasteiger partial charge is 0.248 e. The molecule has 1 amide bonds. The van der Waals surface area contributed by atoms with E-state index in [-0.39, 0.29) is 17.9 Å². The molecule has 0 aliphatic rings. The minimum atomic E-state index is -0.150. The van der Waals surface area contributed by atoms with Crippen molar-refractivity contribution in [2.24, 2.45) is 0 Å². The highest BCUT2D eigenvalue weighted by molar-refractivity contribution is 5.95. The Morgan fingerprint density at radius 3 is 2.60 bits per heavy atom. The van der Waals surface area contributed by atoms with Gasteiger partial charge < -0.3 is 15.0 Å². The molecule has 0 saturated heterocycles. The van der Waals surface area contributed by atoms with E-state index in [0.717, 1.165) is 22.3 Å². The van der Waals surface area contributed by atoms with Gasteiger partial charge in [-0.2, -0.15) is 0 Å². The van der Waals surface area contributed by atoms with Gasteiger partial charge in [-0.15, -0.1) is 0 Å². The van der Waals surface area contributed by atoms with Gasteiger partial charge in [0.1, 0.15) is 5.75 Å². The molecule has 0 fully saturated rings. The average molecular weight is 336 g/mol. The van der Waals surface area contributed by atoms with E-state index in [0.29, 0.717) is 17.8 Å². The second-order valence-corrected chi connectivity index (χ2v) is 5.88. The lowest BCUT2D eigenvalue weighted by molar-refractivity contribution is -0.115. The minimum absolute atomic E-state index is 0.112. The number of hydrogen-bond donors (Lipinski definition) is 2. The third kappa shape index (κ3) is 4.07. The van der Waals surface area contributed by atoms with Gasteiger partial charge in [0.2, 0.25) is 11.5 Å². The van der Waals surface area contributed by atoms with E-state index in [1.54, 1.807) is 12.1 Å². The molecule has 0 radical (unpaired) electrons. The van der Waals surface area contributed by atoms with E-state index in [9.17, 15) is 9.59 Å². The topological polar surface area (TPSA) is 71.2 Å². The maximum atomic E-state index is 12.2. The second kappa shape index (κ2) is 7.21. The molecule has 2 aromatic carbocycles. The number of benzene rings is 2. The van der Waals surface area contributed by atoms with Gasteiger partial charge in [0.25, 0.3) is 0 Å². The van der Waals surface area contributed by atoms with Gasteiger partial charge in [0, 0.05) is 17.1 Å². The Morgan fingerprint density at radius 2 is 1.88 bits per heavy atom. The molecule has 3 aromatic rings. The fraction of sp³-hybridized carbons (Fsp3) is 0.200. The first-order valence-electron chi connectivity index (χ1n) is 8.20. The van der Waals surface area contributed by atoms with Crippen molar-refractivity contribution >= 4 is 22.5 Å². The summed E-state index contributed by atoms with van der Waals surface area (Å²) < 4.78 is 5.39. The number of nitrogens with one attached hydrogen (secondary N) is 2. The highest BCUT2D eigenvalue weighted by atomic mass is 16.5. The molecule has 0 spiro atoms. The Labute approximate surface area is 145 Å². The molecule has 5 heteroatoms. The second-order valence-electron chi connectivity index (χ2n) is 5.88. The Balaban J connectivity index is 1.72. The van der Waals surface area contributed by atoms with Crippen LogP contribution < -0.4 is 15.6 Å². The van der Waals surface area contributed by atoms with E-state index in [4.69, 9.17) is 4.74 Å². The number of rotatable bonds is 5. The largest absolute Gasteiger partial charge is 0.494 e. The van der Waals surface area contributed by atoms with Gasteiger partial charge in [0.05, 0.1) is 18.5 Å². The van der Waals surface area contributed by atoms with Crippen LogP contribution in [0, 0.1) is 6.92 Å². The summed E-state index contributed by atoms with van der Waals surface area (Å²) in [5.41, 5.74) is 3.04. The number of carbonyl (C=O) groups excluding carboxylic acids is 1. The summed E-state index contributed by atoms with van der Waals surface area (Å²) >= 11 is 0. The van der Waals surface area contributed by atoms with E-state index in [1.807, 2.05) is 50.2 Å². The van der Waals surface area contributed by atoms with Crippen molar-refractivity contribution in [1.82, 2.24) is 4.98 Å². The molecule has 1 aromatic heterocycles. The van der Waals surface area contributed by atoms with Crippen molar-refractivity contribution in [3.05, 3.63) is 70.0 Å². The number of aryl methyl sites for hydroxylation is 1. The van der Waals surface area contributed by atoms with Crippen LogP contribution in [0.5, 0.6) is 5.75 Å². The summed E-state index contributed by atoms with van der Waals surface area (Å²) in [4.78, 5) is 26.6. The summed E-state index contributed by atoms with van der Waals surface area (Å²) in [7, 11) is 0. The van der Waals surface area contributed by atoms with Crippen LogP contribution in [0.1, 0.15) is 18.1 Å². The van der Waals surface area contributed by atoms with Crippen molar-refractivity contribution in [3.63, 3.8) is 0 Å². The molecule has 0 unspecified atom stereocenters. The summed E-state index contributed by atoms with van der Waals surface area (Å²) in [5, 5.41) is 3.83. The number of ether oxygens (including phenoxy) is 1. The fourth-order valence-electron chi connectivity index (χ4n) is 2.77. The molecule has 128 valence electrons. The lowest BCUT2D eigenvalue weighted by atomic mass is 10.1. The third-order valence-electron chi connectivity index (χ3n) is 3.93. The van der Waals surface area contributed by atoms with E-state index in [1.165, 1.54) is 0 Å². The number of aromatic nitrogens is 1. The monoisotopic (exact) mass is 336 g/mol. The van der Waals surface area contributed by atoms with Crippen LogP contribution >= 0.6 is 0 Å². The lowest BCUT2D eigenvalue weighted by Crippen LogP contribution is -2.14. The van der Waals surface area contributed by atoms with Crippen molar-refractivity contribution in [2.75, 3.05) is 11.9 Å². The van der Waals surface area contributed by atoms with Gasteiger partial charge in [-0.3, -0.25) is 9.59 Å². The first-order chi connectivity index (χ1) is 12.0. The summed E-state index contributed by atoms with van der Waals surface area (Å²) in [5.74, 6) is 0.680. The van der Waals surface area contributed by atoms with Crippen molar-refractivity contribution in [2.45, 2.75) is 20.3 Å². The first-order valence-corrected chi connectivity index (χ1v) is 8.20. The Bertz CT molecular complexity index is 959. The molecule has 0 bridgehead atoms. The van der Waals surface area contributed by atoms with Crippen LogP contribution in [0.4, 0.5) is 5.69 Å². The van der Waals surface area contributed by atoms with Crippen LogP contribution in [0.15, 0.2) is 53.3 Å². The van der Waals surface area contributed by atoms with Gasteiger partial charge in [-0.25, -0.2) is 0 Å². The number of anilines is 1. The number of amides is 1. The Hall–Kier alpha value is -3.08. The molecular formula is C20H20N2O3. The number of carbonyl (C=O) groups is 1. The summed E-state index contributed by atoms with van der Waals surface area (Å²) in [6.07, 6.45) is 0.273. The van der Waals surface area contributed by atoms with Crippen molar-refractivity contribution in [3.8, 4) is 5.75 Å². The van der Waals surface area contributed by atoms with Gasteiger partial charge in [-0.05, 0) is 49.2 Å². The molecule has 3 rings (SSSR count). The molecule has 1 heterocycles. The third-order valence-corrected chi connectivity index (χ3v) is 3.93. The molecule has 0 aliphatic heterocycles. The van der Waals surface area contributed by atoms with E-state index >= 15 is 0 Å². The lowest BCUT2D eigenvalue weighted by Gasteiger charge is -2.08. The molecule has 25 heavy (non-hydrogen) atoms. The van der Waals surface area contributed by atoms with Gasteiger partial charge in [-0.1, -0.05) is 18.2 Å². The zero-order valence-electron chi connectivity index (χ0n) is 14.3. The molecule has 0 atom stereocenters. The normalized spacial score (nSPS) is 10.6. The number of aromatic amines is 1. The summed E-state index contributed by atoms with van der Waals surface area (Å²) in [6, 6.07) is 14.5. The maximum absolute atomic E-state index is 12.2. The van der Waals surface area contributed by atoms with Crippen LogP contribution in [0.25, 0.3) is 10.9 Å². The van der Waals surface area contributed by atoms with Gasteiger partial charge >= 0.3 is 0 Å². The van der Waals surface area contributed by atoms with Crippen molar-refractivity contribution < 1.29 is 9.53 Å². The van der Waals surface area contributed by atoms with Crippen LogP contribution in [-0.4, -0.2) is 17.5 Å². The Kier molecular flexibility index (Phi) is 4.84. The minimum Gasteiger partial charge on any atom is -0.494 e. The average Bonchev–Trinajstić information content (AvgIpc) is 2.56. The molecule has 2 N–H and O–H groups in total. The van der Waals surface area contributed by atoms with Crippen LogP contribution in [-0.2, 0) is 11.2 Å². The number of pyridine rings is 1. The molecule has 0 aliphatic carbocycles. The van der Waals surface area contributed by atoms with Crippen molar-refractivity contribution in [1.29, 1.82) is 0 Å². The van der Waals surface area contributed by atoms with E-state index in [2.05, 4.69) is 10.3 Å². The highest BCUT2D eigenvalue weighted by Crippen LogP contribution is 2.19. The standard InChI is InChI=1S/C20H20N2O3/c1-3-25-16-7-4-14(5-8-16)11-20(24)21-15-6-9-17-13(2)10-19(23)22-18(17)12-15/h4-10,12H,3,11H2,1-2H3,(H,21,24)(H,22,23). The van der Waals surface area contributed by atoms with E-state index < -0.39 is 0 Å². The number of hydrogen-bond acceptors (Lipinski definition) is 3. The Morgan fingerprint density at radius 1 is 1.12 bits per heavy atom. The van der Waals surface area contributed by atoms with Crippen LogP contribution in [0.2, 0.25) is 0 Å². The molecule has 0 saturated carbocycles. The SMILES string of the molecule is CCOc1ccc(CC(=O)Nc2ccc3c(C)cc(=O)[nH]c3c2)cc1. The highest BCUT2D eigenvalue weighted by Gasteiger charge is 2.07. The zero-order valence-corrected chi connectivity index (χ0v) is 14.3. The maximum Gasteiger partial charge on any atom is 0.248 e. The van der Waals surface area contributed by atoms with Crippen LogP contribution in [0.3, 0.4) is 0 Å². The predicted octanol–water partition coefficient (Wildman–Crippen LogP) is 3.42.